The number of para-hydroxylation sites is 1. The highest BCUT2D eigenvalue weighted by atomic mass is 16.3. The monoisotopic (exact) mass is 317 g/mol. The van der Waals surface area contributed by atoms with E-state index < -0.39 is 11.7 Å². The Kier molecular flexibility index (Phi) is 4.36. The molecule has 1 atom stereocenters. The van der Waals surface area contributed by atoms with E-state index in [9.17, 15) is 15.0 Å². The zero-order valence-electron chi connectivity index (χ0n) is 14.1. The van der Waals surface area contributed by atoms with Gasteiger partial charge in [0, 0.05) is 11.8 Å². The second-order valence-corrected chi connectivity index (χ2v) is 6.65. The fourth-order valence-corrected chi connectivity index (χ4v) is 2.31. The summed E-state index contributed by atoms with van der Waals surface area (Å²) in [5.74, 6) is -1.19. The van der Waals surface area contributed by atoms with Crippen molar-refractivity contribution < 1.29 is 15.0 Å². The van der Waals surface area contributed by atoms with Crippen molar-refractivity contribution in [2.45, 2.75) is 46.2 Å². The summed E-state index contributed by atoms with van der Waals surface area (Å²) < 4.78 is 1.87. The van der Waals surface area contributed by atoms with Crippen LogP contribution in [0.5, 0.6) is 11.5 Å². The number of aryl methyl sites for hydroxylation is 1. The van der Waals surface area contributed by atoms with E-state index in [1.165, 1.54) is 18.2 Å². The molecule has 0 fully saturated rings. The number of nitrogens with zero attached hydrogens (tertiary/aromatic N) is 2. The lowest BCUT2D eigenvalue weighted by molar-refractivity contribution is 0.0936. The Bertz CT molecular complexity index is 729. The molecule has 1 aromatic carbocycles. The number of carbonyl (C=O) groups is 1. The zero-order chi connectivity index (χ0) is 17.4. The Morgan fingerprint density at radius 2 is 1.96 bits per heavy atom. The second-order valence-electron chi connectivity index (χ2n) is 6.65. The molecule has 1 amide bonds. The second kappa shape index (κ2) is 5.95. The largest absolute Gasteiger partial charge is 0.504 e. The molecule has 0 saturated carbocycles. The van der Waals surface area contributed by atoms with Gasteiger partial charge >= 0.3 is 0 Å². The van der Waals surface area contributed by atoms with Crippen LogP contribution in [0.3, 0.4) is 0 Å². The van der Waals surface area contributed by atoms with E-state index >= 15 is 0 Å². The number of aromatic nitrogens is 2. The molecule has 0 aliphatic rings. The summed E-state index contributed by atoms with van der Waals surface area (Å²) >= 11 is 0. The maximum Gasteiger partial charge on any atom is 0.255 e. The maximum atomic E-state index is 12.3. The number of hydrogen-bond acceptors (Lipinski definition) is 4. The van der Waals surface area contributed by atoms with E-state index in [-0.39, 0.29) is 22.9 Å². The third-order valence-electron chi connectivity index (χ3n) is 3.70. The lowest BCUT2D eigenvalue weighted by Gasteiger charge is -2.19. The highest BCUT2D eigenvalue weighted by Gasteiger charge is 2.22. The van der Waals surface area contributed by atoms with Crippen LogP contribution in [0, 0.1) is 6.92 Å². The molecule has 6 nitrogen and oxygen atoms in total. The fourth-order valence-electron chi connectivity index (χ4n) is 2.31. The average molecular weight is 317 g/mol. The predicted octanol–water partition coefficient (Wildman–Crippen LogP) is 2.85. The Balaban J connectivity index is 2.22. The number of benzene rings is 1. The summed E-state index contributed by atoms with van der Waals surface area (Å²) in [6, 6.07) is 4.02. The third-order valence-corrected chi connectivity index (χ3v) is 3.70. The van der Waals surface area contributed by atoms with Gasteiger partial charge in [-0.25, -0.2) is 0 Å². The Morgan fingerprint density at radius 3 is 2.52 bits per heavy atom. The van der Waals surface area contributed by atoms with E-state index in [2.05, 4.69) is 31.2 Å². The minimum Gasteiger partial charge on any atom is -0.504 e. The van der Waals surface area contributed by atoms with Crippen LogP contribution < -0.4 is 5.32 Å². The van der Waals surface area contributed by atoms with Gasteiger partial charge in [0.1, 0.15) is 0 Å². The molecule has 0 radical (unpaired) electrons. The molecule has 0 aliphatic carbocycles. The first-order valence-electron chi connectivity index (χ1n) is 7.49. The van der Waals surface area contributed by atoms with Crippen molar-refractivity contribution in [2.24, 2.45) is 0 Å². The van der Waals surface area contributed by atoms with Crippen LogP contribution in [-0.4, -0.2) is 25.9 Å². The smallest absolute Gasteiger partial charge is 0.255 e. The highest BCUT2D eigenvalue weighted by Crippen LogP contribution is 2.29. The molecule has 1 heterocycles. The van der Waals surface area contributed by atoms with Crippen molar-refractivity contribution in [1.82, 2.24) is 15.1 Å². The van der Waals surface area contributed by atoms with Gasteiger partial charge in [-0.3, -0.25) is 9.48 Å². The molecular weight excluding hydrogens is 294 g/mol. The molecule has 6 heteroatoms. The number of rotatable bonds is 3. The van der Waals surface area contributed by atoms with Crippen LogP contribution in [0.15, 0.2) is 24.4 Å². The normalized spacial score (nSPS) is 12.9. The molecule has 0 unspecified atom stereocenters. The van der Waals surface area contributed by atoms with Crippen molar-refractivity contribution in [3.05, 3.63) is 41.2 Å². The lowest BCUT2D eigenvalue weighted by Crippen LogP contribution is -2.27. The molecule has 3 N–H and O–H groups in total. The van der Waals surface area contributed by atoms with Crippen LogP contribution in [-0.2, 0) is 5.54 Å². The van der Waals surface area contributed by atoms with E-state index in [4.69, 9.17) is 0 Å². The first-order chi connectivity index (χ1) is 10.6. The van der Waals surface area contributed by atoms with Crippen LogP contribution in [0.2, 0.25) is 0 Å². The van der Waals surface area contributed by atoms with Gasteiger partial charge in [0.15, 0.2) is 11.5 Å². The minimum atomic E-state index is -0.450. The maximum absolute atomic E-state index is 12.3. The minimum absolute atomic E-state index is 0.0396. The molecule has 23 heavy (non-hydrogen) atoms. The summed E-state index contributed by atoms with van der Waals surface area (Å²) in [5.41, 5.74) is 1.65. The van der Waals surface area contributed by atoms with Gasteiger partial charge in [-0.2, -0.15) is 5.10 Å². The van der Waals surface area contributed by atoms with Crippen molar-refractivity contribution in [3.8, 4) is 11.5 Å². The Labute approximate surface area is 135 Å². The van der Waals surface area contributed by atoms with E-state index in [1.807, 2.05) is 24.7 Å². The van der Waals surface area contributed by atoms with E-state index in [0.717, 1.165) is 11.3 Å². The van der Waals surface area contributed by atoms with Gasteiger partial charge in [-0.1, -0.05) is 6.07 Å². The number of phenolic OH excluding ortho intramolecular Hbond substituents is 2. The molecule has 0 bridgehead atoms. The topological polar surface area (TPSA) is 87.4 Å². The summed E-state index contributed by atoms with van der Waals surface area (Å²) in [6.07, 6.45) is 1.92. The van der Waals surface area contributed by atoms with Gasteiger partial charge in [0.2, 0.25) is 0 Å². The molecule has 2 rings (SSSR count). The number of nitrogens with one attached hydrogen (secondary N) is 1. The first-order valence-corrected chi connectivity index (χ1v) is 7.49. The van der Waals surface area contributed by atoms with Gasteiger partial charge in [0.05, 0.1) is 22.8 Å². The number of phenols is 2. The standard InChI is InChI=1S/C17H23N3O3/c1-10(13-9-20(17(3,4)5)19-11(13)2)18-16(23)12-7-6-8-14(21)15(12)22/h6-10,21-22H,1-5H3,(H,18,23)/t10-/m1/s1. The molecule has 1 aromatic heterocycles. The lowest BCUT2D eigenvalue weighted by atomic mass is 10.1. The summed E-state index contributed by atoms with van der Waals surface area (Å²) in [4.78, 5) is 12.3. The van der Waals surface area contributed by atoms with Crippen molar-refractivity contribution in [2.75, 3.05) is 0 Å². The van der Waals surface area contributed by atoms with Crippen LogP contribution in [0.4, 0.5) is 0 Å². The summed E-state index contributed by atoms with van der Waals surface area (Å²) in [5, 5.41) is 26.6. The van der Waals surface area contributed by atoms with Crippen molar-refractivity contribution in [3.63, 3.8) is 0 Å². The van der Waals surface area contributed by atoms with Gasteiger partial charge < -0.3 is 15.5 Å². The van der Waals surface area contributed by atoms with Crippen molar-refractivity contribution in [1.29, 1.82) is 0 Å². The first kappa shape index (κ1) is 16.9. The van der Waals surface area contributed by atoms with Crippen molar-refractivity contribution >= 4 is 5.91 Å². The quantitative estimate of drug-likeness (QED) is 0.760. The predicted molar refractivity (Wildman–Crippen MR) is 87.6 cm³/mol. The number of amides is 1. The van der Waals surface area contributed by atoms with Crippen LogP contribution in [0.1, 0.15) is 55.4 Å². The molecule has 2 aromatic rings. The average Bonchev–Trinajstić information content (AvgIpc) is 2.84. The summed E-state index contributed by atoms with van der Waals surface area (Å²) in [7, 11) is 0. The SMILES string of the molecule is Cc1nn(C(C)(C)C)cc1[C@@H](C)NC(=O)c1cccc(O)c1O. The molecule has 0 spiro atoms. The van der Waals surface area contributed by atoms with E-state index in [0.29, 0.717) is 0 Å². The number of carbonyl (C=O) groups excluding carboxylic acids is 1. The fraction of sp³-hybridized carbons (Fsp3) is 0.412. The molecular formula is C17H23N3O3. The van der Waals surface area contributed by atoms with Crippen LogP contribution >= 0.6 is 0 Å². The van der Waals surface area contributed by atoms with Gasteiger partial charge in [0.25, 0.3) is 5.91 Å². The van der Waals surface area contributed by atoms with Gasteiger partial charge in [-0.15, -0.1) is 0 Å². The highest BCUT2D eigenvalue weighted by molar-refractivity contribution is 5.97. The molecule has 0 aliphatic heterocycles. The zero-order valence-corrected chi connectivity index (χ0v) is 14.1. The third kappa shape index (κ3) is 3.47. The van der Waals surface area contributed by atoms with E-state index in [1.54, 1.807) is 0 Å². The van der Waals surface area contributed by atoms with Gasteiger partial charge in [-0.05, 0) is 46.8 Å². The summed E-state index contributed by atoms with van der Waals surface area (Å²) in [6.45, 7) is 9.91. The number of aromatic hydroxyl groups is 2. The number of hydrogen-bond donors (Lipinski definition) is 3. The van der Waals surface area contributed by atoms with Crippen LogP contribution in [0.25, 0.3) is 0 Å². The molecule has 0 saturated heterocycles. The molecule has 124 valence electrons. The Morgan fingerprint density at radius 1 is 1.30 bits per heavy atom. The Hall–Kier alpha value is -2.50.